The van der Waals surface area contributed by atoms with Crippen LogP contribution in [0.4, 0.5) is 0 Å². The SMILES string of the molecule is O=C(c1ccc(-c2cnc[nH]2)cc1)N1CCN(CC2CC2)[C@H](CCO)C1. The van der Waals surface area contributed by atoms with Crippen LogP contribution >= 0.6 is 0 Å². The molecule has 2 aromatic rings. The number of imidazole rings is 1. The summed E-state index contributed by atoms with van der Waals surface area (Å²) in [4.78, 5) is 24.4. The molecule has 0 unspecified atom stereocenters. The minimum atomic E-state index is 0.0789. The molecule has 1 aromatic heterocycles. The van der Waals surface area contributed by atoms with Gasteiger partial charge in [-0.1, -0.05) is 12.1 Å². The number of hydrogen-bond acceptors (Lipinski definition) is 4. The van der Waals surface area contributed by atoms with Crippen molar-refractivity contribution in [3.05, 3.63) is 42.4 Å². The molecule has 1 amide bonds. The molecular weight excluding hydrogens is 328 g/mol. The van der Waals surface area contributed by atoms with Gasteiger partial charge in [0, 0.05) is 44.4 Å². The van der Waals surface area contributed by atoms with Gasteiger partial charge in [-0.15, -0.1) is 0 Å². The number of hydrogen-bond donors (Lipinski definition) is 2. The first-order valence-corrected chi connectivity index (χ1v) is 9.47. The van der Waals surface area contributed by atoms with Crippen molar-refractivity contribution in [1.82, 2.24) is 19.8 Å². The highest BCUT2D eigenvalue weighted by Crippen LogP contribution is 2.31. The molecule has 26 heavy (non-hydrogen) atoms. The number of amides is 1. The normalized spacial score (nSPS) is 21.1. The molecule has 2 fully saturated rings. The second-order valence-corrected chi connectivity index (χ2v) is 7.40. The minimum Gasteiger partial charge on any atom is -0.396 e. The van der Waals surface area contributed by atoms with Crippen LogP contribution in [0.25, 0.3) is 11.3 Å². The summed E-state index contributed by atoms with van der Waals surface area (Å²) in [5, 5.41) is 9.41. The number of aromatic amines is 1. The molecule has 6 heteroatoms. The van der Waals surface area contributed by atoms with Gasteiger partial charge in [0.05, 0.1) is 18.2 Å². The van der Waals surface area contributed by atoms with E-state index in [4.69, 9.17) is 0 Å². The molecule has 1 aliphatic carbocycles. The van der Waals surface area contributed by atoms with Crippen molar-refractivity contribution >= 4 is 5.91 Å². The zero-order valence-corrected chi connectivity index (χ0v) is 15.0. The maximum absolute atomic E-state index is 12.9. The van der Waals surface area contributed by atoms with E-state index in [-0.39, 0.29) is 18.6 Å². The van der Waals surface area contributed by atoms with Crippen LogP contribution in [0.2, 0.25) is 0 Å². The van der Waals surface area contributed by atoms with Gasteiger partial charge >= 0.3 is 0 Å². The summed E-state index contributed by atoms with van der Waals surface area (Å²) < 4.78 is 0. The Kier molecular flexibility index (Phi) is 5.04. The van der Waals surface area contributed by atoms with E-state index in [1.807, 2.05) is 29.2 Å². The second-order valence-electron chi connectivity index (χ2n) is 7.40. The summed E-state index contributed by atoms with van der Waals surface area (Å²) in [5.41, 5.74) is 2.68. The van der Waals surface area contributed by atoms with Gasteiger partial charge < -0.3 is 15.0 Å². The predicted molar refractivity (Wildman–Crippen MR) is 99.7 cm³/mol. The van der Waals surface area contributed by atoms with Gasteiger partial charge in [0.25, 0.3) is 5.91 Å². The monoisotopic (exact) mass is 354 g/mol. The summed E-state index contributed by atoms with van der Waals surface area (Å²) in [6, 6.07) is 7.94. The van der Waals surface area contributed by atoms with E-state index >= 15 is 0 Å². The smallest absolute Gasteiger partial charge is 0.253 e. The molecule has 1 aliphatic heterocycles. The molecule has 0 radical (unpaired) electrons. The van der Waals surface area contributed by atoms with E-state index in [0.717, 1.165) is 43.2 Å². The molecule has 6 nitrogen and oxygen atoms in total. The lowest BCUT2D eigenvalue weighted by molar-refractivity contribution is 0.0407. The van der Waals surface area contributed by atoms with Crippen LogP contribution in [0.3, 0.4) is 0 Å². The standard InChI is InChI=1S/C20H26N4O2/c25-10-7-18-13-24(9-8-23(18)12-15-1-2-15)20(26)17-5-3-16(4-6-17)19-11-21-14-22-19/h3-6,11,14-15,18,25H,1-2,7-10,12-13H2,(H,21,22)/t18-/m1/s1. The van der Waals surface area contributed by atoms with Crippen LogP contribution in [0.5, 0.6) is 0 Å². The molecule has 0 bridgehead atoms. The zero-order valence-electron chi connectivity index (χ0n) is 15.0. The van der Waals surface area contributed by atoms with Crippen molar-refractivity contribution in [2.24, 2.45) is 5.92 Å². The van der Waals surface area contributed by atoms with Gasteiger partial charge in [0.15, 0.2) is 0 Å². The fourth-order valence-electron chi connectivity index (χ4n) is 3.76. The Bertz CT molecular complexity index is 725. The first-order chi connectivity index (χ1) is 12.7. The van der Waals surface area contributed by atoms with Crippen LogP contribution in [-0.2, 0) is 0 Å². The summed E-state index contributed by atoms with van der Waals surface area (Å²) >= 11 is 0. The number of rotatable bonds is 6. The molecule has 1 atom stereocenters. The molecule has 138 valence electrons. The number of nitrogens with one attached hydrogen (secondary N) is 1. The minimum absolute atomic E-state index is 0.0789. The van der Waals surface area contributed by atoms with Crippen molar-refractivity contribution in [1.29, 1.82) is 0 Å². The number of carbonyl (C=O) groups excluding carboxylic acids is 1. The van der Waals surface area contributed by atoms with Crippen LogP contribution < -0.4 is 0 Å². The number of nitrogens with zero attached hydrogens (tertiary/aromatic N) is 3. The van der Waals surface area contributed by atoms with E-state index in [1.54, 1.807) is 12.5 Å². The molecule has 1 saturated heterocycles. The quantitative estimate of drug-likeness (QED) is 0.832. The number of benzene rings is 1. The van der Waals surface area contributed by atoms with Crippen molar-refractivity contribution in [3.8, 4) is 11.3 Å². The van der Waals surface area contributed by atoms with Gasteiger partial charge in [0.2, 0.25) is 0 Å². The largest absolute Gasteiger partial charge is 0.396 e. The molecular formula is C20H26N4O2. The molecule has 2 aliphatic rings. The van der Waals surface area contributed by atoms with E-state index in [0.29, 0.717) is 12.1 Å². The van der Waals surface area contributed by atoms with Crippen LogP contribution in [0.15, 0.2) is 36.8 Å². The topological polar surface area (TPSA) is 72.5 Å². The van der Waals surface area contributed by atoms with E-state index in [1.165, 1.54) is 12.8 Å². The number of H-pyrrole nitrogens is 1. The fourth-order valence-corrected chi connectivity index (χ4v) is 3.76. The average molecular weight is 354 g/mol. The maximum Gasteiger partial charge on any atom is 0.253 e. The molecule has 1 aromatic carbocycles. The van der Waals surface area contributed by atoms with Gasteiger partial charge in [-0.3, -0.25) is 9.69 Å². The van der Waals surface area contributed by atoms with E-state index in [9.17, 15) is 9.90 Å². The summed E-state index contributed by atoms with van der Waals surface area (Å²) in [7, 11) is 0. The van der Waals surface area contributed by atoms with Gasteiger partial charge in [0.1, 0.15) is 0 Å². The van der Waals surface area contributed by atoms with Crippen molar-refractivity contribution < 1.29 is 9.90 Å². The van der Waals surface area contributed by atoms with Crippen LogP contribution in [0.1, 0.15) is 29.6 Å². The van der Waals surface area contributed by atoms with Crippen LogP contribution in [0, 0.1) is 5.92 Å². The van der Waals surface area contributed by atoms with Gasteiger partial charge in [-0.2, -0.15) is 0 Å². The number of aliphatic hydroxyl groups excluding tert-OH is 1. The zero-order chi connectivity index (χ0) is 17.9. The third-order valence-electron chi connectivity index (χ3n) is 5.48. The fraction of sp³-hybridized carbons (Fsp3) is 0.500. The molecule has 2 heterocycles. The summed E-state index contributed by atoms with van der Waals surface area (Å²) in [5.74, 6) is 0.906. The highest BCUT2D eigenvalue weighted by molar-refractivity contribution is 5.94. The Morgan fingerprint density at radius 2 is 2.04 bits per heavy atom. The molecule has 1 saturated carbocycles. The lowest BCUT2D eigenvalue weighted by atomic mass is 10.1. The predicted octanol–water partition coefficient (Wildman–Crippen LogP) is 2.00. The lowest BCUT2D eigenvalue weighted by Gasteiger charge is -2.41. The van der Waals surface area contributed by atoms with Gasteiger partial charge in [-0.25, -0.2) is 4.98 Å². The maximum atomic E-state index is 12.9. The van der Waals surface area contributed by atoms with Crippen LogP contribution in [-0.4, -0.2) is 69.6 Å². The number of aliphatic hydroxyl groups is 1. The van der Waals surface area contributed by atoms with E-state index < -0.39 is 0 Å². The average Bonchev–Trinajstić information content (AvgIpc) is 3.32. The first kappa shape index (κ1) is 17.2. The second kappa shape index (κ2) is 7.60. The Morgan fingerprint density at radius 1 is 1.23 bits per heavy atom. The number of carbonyl (C=O) groups is 1. The third-order valence-corrected chi connectivity index (χ3v) is 5.48. The van der Waals surface area contributed by atoms with Crippen molar-refractivity contribution in [2.75, 3.05) is 32.8 Å². The Balaban J connectivity index is 1.42. The Morgan fingerprint density at radius 3 is 2.69 bits per heavy atom. The van der Waals surface area contributed by atoms with Crippen molar-refractivity contribution in [2.45, 2.75) is 25.3 Å². The molecule has 0 spiro atoms. The number of aromatic nitrogens is 2. The van der Waals surface area contributed by atoms with Crippen molar-refractivity contribution in [3.63, 3.8) is 0 Å². The summed E-state index contributed by atoms with van der Waals surface area (Å²) in [6.45, 7) is 3.65. The number of piperazine rings is 1. The third kappa shape index (κ3) is 3.81. The van der Waals surface area contributed by atoms with Gasteiger partial charge in [-0.05, 0) is 42.9 Å². The molecule has 2 N–H and O–H groups in total. The Hall–Kier alpha value is -2.18. The highest BCUT2D eigenvalue weighted by Gasteiger charge is 2.33. The lowest BCUT2D eigenvalue weighted by Crippen LogP contribution is -2.55. The Labute approximate surface area is 153 Å². The summed E-state index contributed by atoms with van der Waals surface area (Å²) in [6.07, 6.45) is 6.81. The van der Waals surface area contributed by atoms with E-state index in [2.05, 4.69) is 14.9 Å². The molecule has 4 rings (SSSR count). The highest BCUT2D eigenvalue weighted by atomic mass is 16.3. The first-order valence-electron chi connectivity index (χ1n) is 9.47.